The molecule has 144 valence electrons. The summed E-state index contributed by atoms with van der Waals surface area (Å²) in [5.41, 5.74) is -0.894. The molecule has 4 saturated heterocycles. The molecule has 3 atom stereocenters. The molecule has 0 unspecified atom stereocenters. The van der Waals surface area contributed by atoms with Crippen LogP contribution in [0.2, 0.25) is 0 Å². The molecule has 4 rings (SSSR count). The van der Waals surface area contributed by atoms with E-state index in [-0.39, 0.29) is 11.8 Å². The molecule has 4 aliphatic heterocycles. The maximum absolute atomic E-state index is 13.4. The summed E-state index contributed by atoms with van der Waals surface area (Å²) in [6, 6.07) is 0. The molecule has 7 heteroatoms. The van der Waals surface area contributed by atoms with Crippen LogP contribution >= 0.6 is 0 Å². The van der Waals surface area contributed by atoms with Crippen LogP contribution in [0.3, 0.4) is 0 Å². The van der Waals surface area contributed by atoms with E-state index in [4.69, 9.17) is 5.11 Å². The maximum atomic E-state index is 13.4. The average molecular weight is 356 g/mol. The van der Waals surface area contributed by atoms with Crippen molar-refractivity contribution in [1.29, 1.82) is 0 Å². The summed E-state index contributed by atoms with van der Waals surface area (Å²) in [5.74, 6) is 0.728. The quantitative estimate of drug-likeness (QED) is 0.478. The van der Waals surface area contributed by atoms with Crippen LogP contribution in [0.15, 0.2) is 0 Å². The highest BCUT2D eigenvalue weighted by Crippen LogP contribution is 2.54. The summed E-state index contributed by atoms with van der Waals surface area (Å²) in [4.78, 5) is 17.6. The van der Waals surface area contributed by atoms with Gasteiger partial charge in [0, 0.05) is 26.2 Å². The van der Waals surface area contributed by atoms with Gasteiger partial charge in [-0.1, -0.05) is 27.7 Å². The third kappa shape index (κ3) is 2.51. The van der Waals surface area contributed by atoms with Crippen LogP contribution in [0.4, 0.5) is 0 Å². The lowest BCUT2D eigenvalue weighted by atomic mass is 9.53. The number of nitrogens with zero attached hydrogens (tertiary/aromatic N) is 2. The van der Waals surface area contributed by atoms with Gasteiger partial charge in [0.15, 0.2) is 5.78 Å². The first kappa shape index (κ1) is 19.2. The van der Waals surface area contributed by atoms with Crippen LogP contribution in [0, 0.1) is 22.7 Å². The first-order valence-corrected chi connectivity index (χ1v) is 9.29. The second-order valence-corrected chi connectivity index (χ2v) is 8.91. The van der Waals surface area contributed by atoms with Gasteiger partial charge in [0.1, 0.15) is 18.3 Å². The maximum Gasteiger partial charge on any atom is 0.150 e. The fraction of sp³-hybridized carbons (Fsp3) is 0.944. The van der Waals surface area contributed by atoms with Crippen LogP contribution < -0.4 is 0 Å². The topological polar surface area (TPSA) is 104 Å². The van der Waals surface area contributed by atoms with Crippen LogP contribution in [0.1, 0.15) is 27.7 Å². The van der Waals surface area contributed by atoms with E-state index in [2.05, 4.69) is 37.5 Å². The minimum absolute atomic E-state index is 0.190. The van der Waals surface area contributed by atoms with Crippen molar-refractivity contribution in [2.75, 3.05) is 32.8 Å². The van der Waals surface area contributed by atoms with Gasteiger partial charge in [-0.2, -0.15) is 0 Å². The van der Waals surface area contributed by atoms with Crippen LogP contribution in [0.25, 0.3) is 0 Å². The monoisotopic (exact) mass is 356 g/mol. The summed E-state index contributed by atoms with van der Waals surface area (Å²) < 4.78 is 0. The number of carbonyl (C=O) groups excluding carboxylic acids is 1. The van der Waals surface area contributed by atoms with Crippen LogP contribution in [-0.2, 0) is 4.79 Å². The molecule has 4 bridgehead atoms. The number of hydrogen-bond acceptors (Lipinski definition) is 7. The smallest absolute Gasteiger partial charge is 0.150 e. The molecular formula is C18H32N2O5. The van der Waals surface area contributed by atoms with Gasteiger partial charge in [-0.15, -0.1) is 0 Å². The number of ketones is 1. The zero-order chi connectivity index (χ0) is 18.7. The lowest BCUT2D eigenvalue weighted by molar-refractivity contribution is -0.242. The minimum Gasteiger partial charge on any atom is -0.394 e. The van der Waals surface area contributed by atoms with Crippen molar-refractivity contribution in [1.82, 2.24) is 9.80 Å². The molecule has 0 spiro atoms. The molecule has 0 radical (unpaired) electrons. The fourth-order valence-electron chi connectivity index (χ4n) is 5.25. The lowest BCUT2D eigenvalue weighted by Gasteiger charge is -2.69. The highest BCUT2D eigenvalue weighted by Gasteiger charge is 2.68. The van der Waals surface area contributed by atoms with Crippen LogP contribution in [0.5, 0.6) is 0 Å². The van der Waals surface area contributed by atoms with Gasteiger partial charge in [0.05, 0.1) is 23.6 Å². The van der Waals surface area contributed by atoms with Crippen molar-refractivity contribution in [3.63, 3.8) is 0 Å². The molecule has 4 heterocycles. The molecule has 4 N–H and O–H groups in total. The Morgan fingerprint density at radius 2 is 1.36 bits per heavy atom. The number of Topliss-reactive ketones (excluding diaryl/α,β-unsaturated/α-hetero) is 1. The van der Waals surface area contributed by atoms with Crippen molar-refractivity contribution < 1.29 is 25.2 Å². The van der Waals surface area contributed by atoms with E-state index in [0.29, 0.717) is 32.0 Å². The van der Waals surface area contributed by atoms with E-state index in [1.54, 1.807) is 0 Å². The van der Waals surface area contributed by atoms with E-state index < -0.39 is 41.9 Å². The zero-order valence-electron chi connectivity index (χ0n) is 15.6. The second-order valence-electron chi connectivity index (χ2n) is 8.91. The Hall–Kier alpha value is -0.570. The molecule has 25 heavy (non-hydrogen) atoms. The average Bonchev–Trinajstić information content (AvgIpc) is 2.55. The van der Waals surface area contributed by atoms with Crippen molar-refractivity contribution in [3.8, 4) is 0 Å². The van der Waals surface area contributed by atoms with Crippen LogP contribution in [-0.4, -0.2) is 93.3 Å². The van der Waals surface area contributed by atoms with Crippen molar-refractivity contribution >= 4 is 5.78 Å². The highest BCUT2D eigenvalue weighted by atomic mass is 16.4. The predicted molar refractivity (Wildman–Crippen MR) is 91.6 cm³/mol. The molecule has 0 aromatic carbocycles. The Labute approximate surface area is 149 Å². The Balaban J connectivity index is 1.95. The number of hydrogen-bond donors (Lipinski definition) is 4. The molecule has 0 saturated carbocycles. The Bertz CT molecular complexity index is 492. The molecule has 4 fully saturated rings. The lowest BCUT2D eigenvalue weighted by Crippen LogP contribution is -2.83. The third-order valence-electron chi connectivity index (χ3n) is 7.04. The normalized spacial score (nSPS) is 43.8. The Morgan fingerprint density at radius 1 is 0.960 bits per heavy atom. The third-order valence-corrected chi connectivity index (χ3v) is 7.04. The Kier molecular flexibility index (Phi) is 4.80. The summed E-state index contributed by atoms with van der Waals surface area (Å²) in [5, 5.41) is 39.7. The predicted octanol–water partition coefficient (Wildman–Crippen LogP) is -1.11. The zero-order valence-corrected chi connectivity index (χ0v) is 15.6. The molecular weight excluding hydrogens is 324 g/mol. The van der Waals surface area contributed by atoms with E-state index in [1.807, 2.05) is 0 Å². The van der Waals surface area contributed by atoms with Crippen molar-refractivity contribution in [2.45, 2.75) is 52.2 Å². The molecule has 0 aliphatic carbocycles. The molecule has 4 aliphatic rings. The largest absolute Gasteiger partial charge is 0.394 e. The number of rotatable bonds is 6. The fourth-order valence-corrected chi connectivity index (χ4v) is 5.25. The summed E-state index contributed by atoms with van der Waals surface area (Å²) >= 11 is 0. The number of aliphatic hydroxyl groups excluding tert-OH is 4. The molecule has 7 nitrogen and oxygen atoms in total. The highest BCUT2D eigenvalue weighted by molar-refractivity contribution is 5.94. The van der Waals surface area contributed by atoms with Gasteiger partial charge in [-0.25, -0.2) is 0 Å². The second kappa shape index (κ2) is 6.25. The van der Waals surface area contributed by atoms with E-state index in [9.17, 15) is 20.1 Å². The Morgan fingerprint density at radius 3 is 1.68 bits per heavy atom. The minimum atomic E-state index is -1.42. The van der Waals surface area contributed by atoms with E-state index in [1.165, 1.54) is 0 Å². The molecule has 0 amide bonds. The van der Waals surface area contributed by atoms with Gasteiger partial charge in [-0.3, -0.25) is 14.6 Å². The van der Waals surface area contributed by atoms with Gasteiger partial charge in [0.25, 0.3) is 0 Å². The number of aliphatic hydroxyl groups is 4. The van der Waals surface area contributed by atoms with Gasteiger partial charge < -0.3 is 20.4 Å². The number of carbonyl (C=O) groups is 1. The summed E-state index contributed by atoms with van der Waals surface area (Å²) in [7, 11) is 0. The van der Waals surface area contributed by atoms with Gasteiger partial charge in [-0.05, 0) is 11.8 Å². The summed E-state index contributed by atoms with van der Waals surface area (Å²) in [6.45, 7) is 9.99. The van der Waals surface area contributed by atoms with Gasteiger partial charge >= 0.3 is 0 Å². The van der Waals surface area contributed by atoms with Crippen molar-refractivity contribution in [3.05, 3.63) is 0 Å². The molecule has 0 aromatic rings. The first-order chi connectivity index (χ1) is 11.6. The summed E-state index contributed by atoms with van der Waals surface area (Å²) in [6.07, 6.45) is -4.45. The molecule has 0 aromatic heterocycles. The van der Waals surface area contributed by atoms with E-state index >= 15 is 0 Å². The number of piperidine rings is 2. The SMILES string of the molecule is CC(C)C12CN3CC(C(C)C)(CN(C1)C3[C@H](O)[C@H](O)[C@H](O)CO)C2=O. The standard InChI is InChI=1S/C18H32N2O5/c1-10(2)17-6-19-8-18(11(3)4,16(17)25)9-20(7-17)15(19)14(24)13(23)12(22)5-21/h10-15,21-24H,5-9H2,1-4H3/t12-,13-,14-,15?,17?,18?/m1/s1. The first-order valence-electron chi connectivity index (χ1n) is 9.29. The van der Waals surface area contributed by atoms with E-state index in [0.717, 1.165) is 0 Å². The van der Waals surface area contributed by atoms with Gasteiger partial charge in [0.2, 0.25) is 0 Å². The van der Waals surface area contributed by atoms with Crippen molar-refractivity contribution in [2.24, 2.45) is 22.7 Å².